The number of terminal acetylenes is 1. The standard InChI is InChI=1S/C17H14ClNO4S/c1-2-10-19-24(21,22)15-8-5-7-13(11-15)17(20)23-12-14-6-3-4-9-16(14)18/h1,3-9,11,19H,10,12H2. The molecule has 5 nitrogen and oxygen atoms in total. The first-order valence-electron chi connectivity index (χ1n) is 6.88. The first kappa shape index (κ1) is 18.0. The highest BCUT2D eigenvalue weighted by atomic mass is 35.5. The molecule has 0 saturated carbocycles. The molecule has 2 rings (SSSR count). The SMILES string of the molecule is C#CCNS(=O)(=O)c1cccc(C(=O)OCc2ccccc2Cl)c1. The van der Waals surface area contributed by atoms with Gasteiger partial charge in [-0.05, 0) is 24.3 Å². The van der Waals surface area contributed by atoms with Gasteiger partial charge in [0, 0.05) is 10.6 Å². The van der Waals surface area contributed by atoms with Crippen molar-refractivity contribution in [2.24, 2.45) is 0 Å². The lowest BCUT2D eigenvalue weighted by Crippen LogP contribution is -2.24. The number of hydrogen-bond donors (Lipinski definition) is 1. The fourth-order valence-corrected chi connectivity index (χ4v) is 3.02. The third-order valence-electron chi connectivity index (χ3n) is 3.06. The fourth-order valence-electron chi connectivity index (χ4n) is 1.85. The van der Waals surface area contributed by atoms with Crippen LogP contribution in [-0.2, 0) is 21.4 Å². The Balaban J connectivity index is 2.12. The van der Waals surface area contributed by atoms with Crippen molar-refractivity contribution in [3.8, 4) is 12.3 Å². The van der Waals surface area contributed by atoms with E-state index in [9.17, 15) is 13.2 Å². The summed E-state index contributed by atoms with van der Waals surface area (Å²) in [4.78, 5) is 12.0. The molecule has 0 atom stereocenters. The predicted octanol–water partition coefficient (Wildman–Crippen LogP) is 2.61. The van der Waals surface area contributed by atoms with Gasteiger partial charge in [0.1, 0.15) is 6.61 Å². The molecule has 0 bridgehead atoms. The quantitative estimate of drug-likeness (QED) is 0.632. The number of hydrogen-bond acceptors (Lipinski definition) is 4. The van der Waals surface area contributed by atoms with Gasteiger partial charge < -0.3 is 4.74 Å². The Kier molecular flexibility index (Phi) is 5.99. The third-order valence-corrected chi connectivity index (χ3v) is 4.83. The summed E-state index contributed by atoms with van der Waals surface area (Å²) in [6, 6.07) is 12.5. The number of rotatable bonds is 6. The molecule has 1 N–H and O–H groups in total. The molecule has 2 aromatic carbocycles. The molecule has 0 aliphatic rings. The molecule has 0 aliphatic heterocycles. The van der Waals surface area contributed by atoms with Crippen molar-refractivity contribution in [1.82, 2.24) is 4.72 Å². The molecule has 0 aliphatic carbocycles. The number of sulfonamides is 1. The van der Waals surface area contributed by atoms with E-state index in [1.54, 1.807) is 24.3 Å². The Morgan fingerprint density at radius 2 is 1.96 bits per heavy atom. The molecule has 7 heteroatoms. The summed E-state index contributed by atoms with van der Waals surface area (Å²) in [7, 11) is -3.77. The lowest BCUT2D eigenvalue weighted by molar-refractivity contribution is 0.0472. The van der Waals surface area contributed by atoms with E-state index < -0.39 is 16.0 Å². The maximum Gasteiger partial charge on any atom is 0.338 e. The Hall–Kier alpha value is -2.33. The molecular weight excluding hydrogens is 350 g/mol. The first-order chi connectivity index (χ1) is 11.4. The molecule has 0 spiro atoms. The number of esters is 1. The molecule has 124 valence electrons. The van der Waals surface area contributed by atoms with Gasteiger partial charge in [-0.25, -0.2) is 13.2 Å². The molecule has 0 amide bonds. The average Bonchev–Trinajstić information content (AvgIpc) is 2.59. The van der Waals surface area contributed by atoms with Gasteiger partial charge in [-0.2, -0.15) is 4.72 Å². The highest BCUT2D eigenvalue weighted by Crippen LogP contribution is 2.17. The van der Waals surface area contributed by atoms with Crippen molar-refractivity contribution in [3.05, 3.63) is 64.7 Å². The largest absolute Gasteiger partial charge is 0.457 e. The monoisotopic (exact) mass is 363 g/mol. The van der Waals surface area contributed by atoms with E-state index in [0.29, 0.717) is 10.6 Å². The van der Waals surface area contributed by atoms with Crippen molar-refractivity contribution < 1.29 is 17.9 Å². The van der Waals surface area contributed by atoms with Gasteiger partial charge in [0.15, 0.2) is 0 Å². The minimum atomic E-state index is -3.77. The van der Waals surface area contributed by atoms with Gasteiger partial charge in [-0.1, -0.05) is 41.8 Å². The van der Waals surface area contributed by atoms with E-state index in [1.807, 2.05) is 0 Å². The summed E-state index contributed by atoms with van der Waals surface area (Å²) in [5.41, 5.74) is 0.776. The zero-order chi connectivity index (χ0) is 17.6. The maximum atomic E-state index is 12.1. The van der Waals surface area contributed by atoms with E-state index in [-0.39, 0.29) is 23.6 Å². The van der Waals surface area contributed by atoms with Gasteiger partial charge in [-0.3, -0.25) is 0 Å². The van der Waals surface area contributed by atoms with Crippen LogP contribution in [0.5, 0.6) is 0 Å². The first-order valence-corrected chi connectivity index (χ1v) is 8.74. The van der Waals surface area contributed by atoms with E-state index in [1.165, 1.54) is 24.3 Å². The van der Waals surface area contributed by atoms with Crippen LogP contribution in [-0.4, -0.2) is 20.9 Å². The zero-order valence-electron chi connectivity index (χ0n) is 12.5. The smallest absolute Gasteiger partial charge is 0.338 e. The summed E-state index contributed by atoms with van der Waals surface area (Å²) in [6.45, 7) is -0.145. The van der Waals surface area contributed by atoms with Crippen LogP contribution in [0.15, 0.2) is 53.4 Å². The van der Waals surface area contributed by atoms with Crippen molar-refractivity contribution in [1.29, 1.82) is 0 Å². The highest BCUT2D eigenvalue weighted by molar-refractivity contribution is 7.89. The molecule has 2 aromatic rings. The second kappa shape index (κ2) is 7.97. The van der Waals surface area contributed by atoms with Crippen LogP contribution in [0.4, 0.5) is 0 Å². The van der Waals surface area contributed by atoms with Gasteiger partial charge in [-0.15, -0.1) is 6.42 Å². The molecule has 0 heterocycles. The number of carbonyl (C=O) groups excluding carboxylic acids is 1. The molecule has 0 saturated heterocycles. The van der Waals surface area contributed by atoms with E-state index in [4.69, 9.17) is 22.8 Å². The predicted molar refractivity (Wildman–Crippen MR) is 91.0 cm³/mol. The lowest BCUT2D eigenvalue weighted by atomic mass is 10.2. The number of halogens is 1. The molecule has 24 heavy (non-hydrogen) atoms. The number of carbonyl (C=O) groups is 1. The van der Waals surface area contributed by atoms with Crippen LogP contribution >= 0.6 is 11.6 Å². The van der Waals surface area contributed by atoms with E-state index in [0.717, 1.165) is 0 Å². The summed E-state index contributed by atoms with van der Waals surface area (Å²) in [5, 5.41) is 0.486. The Labute approximate surface area is 145 Å². The van der Waals surface area contributed by atoms with Crippen molar-refractivity contribution in [2.45, 2.75) is 11.5 Å². The number of benzene rings is 2. The summed E-state index contributed by atoms with van der Waals surface area (Å²) >= 11 is 5.99. The van der Waals surface area contributed by atoms with Crippen LogP contribution < -0.4 is 4.72 Å². The second-order valence-electron chi connectivity index (χ2n) is 4.72. The molecular formula is C17H14ClNO4S. The topological polar surface area (TPSA) is 72.5 Å². The molecule has 0 radical (unpaired) electrons. The Morgan fingerprint density at radius 1 is 1.21 bits per heavy atom. The van der Waals surface area contributed by atoms with E-state index >= 15 is 0 Å². The normalized spacial score (nSPS) is 10.8. The van der Waals surface area contributed by atoms with Crippen LogP contribution in [0.1, 0.15) is 15.9 Å². The Bertz CT molecular complexity index is 887. The number of nitrogens with one attached hydrogen (secondary N) is 1. The zero-order valence-corrected chi connectivity index (χ0v) is 14.1. The minimum Gasteiger partial charge on any atom is -0.457 e. The minimum absolute atomic E-state index is 0.00910. The maximum absolute atomic E-state index is 12.1. The van der Waals surface area contributed by atoms with Gasteiger partial charge >= 0.3 is 5.97 Å². The molecule has 0 aromatic heterocycles. The summed E-state index contributed by atoms with van der Waals surface area (Å²) < 4.78 is 31.4. The summed E-state index contributed by atoms with van der Waals surface area (Å²) in [5.74, 6) is 1.53. The second-order valence-corrected chi connectivity index (χ2v) is 6.90. The van der Waals surface area contributed by atoms with Gasteiger partial charge in [0.05, 0.1) is 17.0 Å². The fraction of sp³-hybridized carbons (Fsp3) is 0.118. The van der Waals surface area contributed by atoms with Gasteiger partial charge in [0.2, 0.25) is 10.0 Å². The van der Waals surface area contributed by atoms with Crippen LogP contribution in [0, 0.1) is 12.3 Å². The third kappa shape index (κ3) is 4.59. The Morgan fingerprint density at radius 3 is 2.67 bits per heavy atom. The van der Waals surface area contributed by atoms with Gasteiger partial charge in [0.25, 0.3) is 0 Å². The van der Waals surface area contributed by atoms with Crippen molar-refractivity contribution in [2.75, 3.05) is 6.54 Å². The molecule has 0 fully saturated rings. The van der Waals surface area contributed by atoms with Crippen LogP contribution in [0.3, 0.4) is 0 Å². The van der Waals surface area contributed by atoms with Crippen LogP contribution in [0.2, 0.25) is 5.02 Å². The van der Waals surface area contributed by atoms with Crippen molar-refractivity contribution >= 4 is 27.6 Å². The highest BCUT2D eigenvalue weighted by Gasteiger charge is 2.16. The number of ether oxygens (including phenoxy) is 1. The van der Waals surface area contributed by atoms with Crippen molar-refractivity contribution in [3.63, 3.8) is 0 Å². The van der Waals surface area contributed by atoms with Crippen LogP contribution in [0.25, 0.3) is 0 Å². The molecule has 0 unspecified atom stereocenters. The van der Waals surface area contributed by atoms with E-state index in [2.05, 4.69) is 10.6 Å². The average molecular weight is 364 g/mol. The summed E-state index contributed by atoms with van der Waals surface area (Å²) in [6.07, 6.45) is 5.04. The lowest BCUT2D eigenvalue weighted by Gasteiger charge is -2.08.